The van der Waals surface area contributed by atoms with Gasteiger partial charge in [0, 0.05) is 18.8 Å². The number of nitrogens with one attached hydrogen (secondary N) is 1. The topological polar surface area (TPSA) is 96.0 Å². The third-order valence-corrected chi connectivity index (χ3v) is 6.39. The van der Waals surface area contributed by atoms with Crippen LogP contribution in [0.4, 0.5) is 10.5 Å². The fourth-order valence-corrected chi connectivity index (χ4v) is 4.53. The molecule has 8 nitrogen and oxygen atoms in total. The van der Waals surface area contributed by atoms with E-state index in [4.69, 9.17) is 4.74 Å². The smallest absolute Gasteiger partial charge is 0.294 e. The number of piperidine rings is 1. The number of thioether (sulfide) groups is 1. The van der Waals surface area contributed by atoms with Crippen molar-refractivity contribution in [3.63, 3.8) is 0 Å². The molecule has 0 bridgehead atoms. The molecule has 0 aliphatic carbocycles. The molecule has 2 aromatic carbocycles. The normalized spacial score (nSPS) is 17.2. The Morgan fingerprint density at radius 3 is 2.38 bits per heavy atom. The summed E-state index contributed by atoms with van der Waals surface area (Å²) in [6.07, 6.45) is 4.61. The number of amides is 4. The van der Waals surface area contributed by atoms with Crippen LogP contribution in [0.3, 0.4) is 0 Å². The van der Waals surface area contributed by atoms with Crippen LogP contribution in [-0.2, 0) is 14.4 Å². The van der Waals surface area contributed by atoms with E-state index in [1.54, 1.807) is 47.4 Å². The maximum absolute atomic E-state index is 12.7. The van der Waals surface area contributed by atoms with Gasteiger partial charge >= 0.3 is 0 Å². The highest BCUT2D eigenvalue weighted by Crippen LogP contribution is 2.32. The number of likely N-dealkylation sites (tertiary alicyclic amines) is 1. The van der Waals surface area contributed by atoms with E-state index in [1.165, 1.54) is 0 Å². The summed E-state index contributed by atoms with van der Waals surface area (Å²) < 4.78 is 5.51. The first-order chi connectivity index (χ1) is 16.5. The molecule has 0 spiro atoms. The van der Waals surface area contributed by atoms with Gasteiger partial charge in [0.1, 0.15) is 12.3 Å². The fraction of sp³-hybridized carbons (Fsp3) is 0.280. The highest BCUT2D eigenvalue weighted by Gasteiger charge is 2.37. The van der Waals surface area contributed by atoms with Crippen LogP contribution in [0.15, 0.2) is 59.5 Å². The van der Waals surface area contributed by atoms with Gasteiger partial charge in [-0.05, 0) is 66.9 Å². The van der Waals surface area contributed by atoms with Gasteiger partial charge in [-0.3, -0.25) is 24.1 Å². The van der Waals surface area contributed by atoms with Crippen molar-refractivity contribution in [3.05, 3.63) is 65.1 Å². The lowest BCUT2D eigenvalue weighted by molar-refractivity contribution is -0.136. The molecule has 9 heteroatoms. The summed E-state index contributed by atoms with van der Waals surface area (Å²) in [5, 5.41) is 2.30. The zero-order valence-electron chi connectivity index (χ0n) is 18.6. The molecule has 0 saturated carbocycles. The average Bonchev–Trinajstić information content (AvgIpc) is 3.12. The van der Waals surface area contributed by atoms with Crippen molar-refractivity contribution in [2.45, 2.75) is 19.3 Å². The Morgan fingerprint density at radius 2 is 1.68 bits per heavy atom. The van der Waals surface area contributed by atoms with Crippen molar-refractivity contribution in [2.75, 3.05) is 31.6 Å². The first-order valence-electron chi connectivity index (χ1n) is 11.1. The SMILES string of the molecule is O=C(COc1ccc(C=C2SC(=O)N(CC(=O)N3CCCCC3)C2=O)cc1)Nc1ccccc1. The maximum atomic E-state index is 12.7. The lowest BCUT2D eigenvalue weighted by Crippen LogP contribution is -2.44. The van der Waals surface area contributed by atoms with Gasteiger partial charge in [0.2, 0.25) is 5.91 Å². The van der Waals surface area contributed by atoms with Crippen molar-refractivity contribution in [1.29, 1.82) is 0 Å². The quantitative estimate of drug-likeness (QED) is 0.608. The predicted octanol–water partition coefficient (Wildman–Crippen LogP) is 3.75. The van der Waals surface area contributed by atoms with Crippen LogP contribution in [0.1, 0.15) is 24.8 Å². The molecule has 0 radical (unpaired) electrons. The van der Waals surface area contributed by atoms with E-state index in [9.17, 15) is 19.2 Å². The first-order valence-corrected chi connectivity index (χ1v) is 11.9. The van der Waals surface area contributed by atoms with Gasteiger partial charge in [0.15, 0.2) is 6.61 Å². The molecule has 0 unspecified atom stereocenters. The minimum Gasteiger partial charge on any atom is -0.484 e. The van der Waals surface area contributed by atoms with Crippen LogP contribution < -0.4 is 10.1 Å². The van der Waals surface area contributed by atoms with E-state index in [1.807, 2.05) is 18.2 Å². The molecule has 2 aromatic rings. The van der Waals surface area contributed by atoms with Crippen molar-refractivity contribution in [1.82, 2.24) is 9.80 Å². The van der Waals surface area contributed by atoms with Crippen LogP contribution >= 0.6 is 11.8 Å². The number of rotatable bonds is 7. The fourth-order valence-electron chi connectivity index (χ4n) is 3.69. The third kappa shape index (κ3) is 6.05. The number of hydrogen-bond acceptors (Lipinski definition) is 6. The standard InChI is InChI=1S/C25H25N3O5S/c29-22(26-19-7-3-1-4-8-19)17-33-20-11-9-18(10-12-20)15-21-24(31)28(25(32)34-21)16-23(30)27-13-5-2-6-14-27/h1,3-4,7-12,15H,2,5-6,13-14,16-17H2,(H,26,29). The summed E-state index contributed by atoms with van der Waals surface area (Å²) in [6.45, 7) is 0.985. The molecule has 2 aliphatic heterocycles. The van der Waals surface area contributed by atoms with Gasteiger partial charge in [-0.15, -0.1) is 0 Å². The van der Waals surface area contributed by atoms with Crippen LogP contribution in [0.2, 0.25) is 0 Å². The summed E-state index contributed by atoms with van der Waals surface area (Å²) in [6, 6.07) is 15.9. The predicted molar refractivity (Wildman–Crippen MR) is 130 cm³/mol. The van der Waals surface area contributed by atoms with Crippen LogP contribution in [0.5, 0.6) is 5.75 Å². The zero-order valence-corrected chi connectivity index (χ0v) is 19.4. The Kier molecular flexibility index (Phi) is 7.64. The number of benzene rings is 2. The lowest BCUT2D eigenvalue weighted by atomic mass is 10.1. The second-order valence-electron chi connectivity index (χ2n) is 7.98. The van der Waals surface area contributed by atoms with Crippen molar-refractivity contribution in [3.8, 4) is 5.75 Å². The first kappa shape index (κ1) is 23.6. The van der Waals surface area contributed by atoms with Crippen LogP contribution in [0.25, 0.3) is 6.08 Å². The molecule has 2 heterocycles. The molecule has 34 heavy (non-hydrogen) atoms. The molecule has 176 valence electrons. The molecule has 4 amide bonds. The average molecular weight is 480 g/mol. The van der Waals surface area contributed by atoms with Gasteiger partial charge < -0.3 is 15.0 Å². The summed E-state index contributed by atoms with van der Waals surface area (Å²) >= 11 is 0.828. The van der Waals surface area contributed by atoms with Gasteiger partial charge in [-0.2, -0.15) is 0 Å². The molecule has 0 atom stereocenters. The summed E-state index contributed by atoms with van der Waals surface area (Å²) in [5.74, 6) is -0.428. The van der Waals surface area contributed by atoms with Gasteiger partial charge in [-0.1, -0.05) is 30.3 Å². The molecular formula is C25H25N3O5S. The zero-order chi connectivity index (χ0) is 23.9. The number of carbonyl (C=O) groups is 4. The second kappa shape index (κ2) is 11.0. The van der Waals surface area contributed by atoms with Crippen molar-refractivity contribution < 1.29 is 23.9 Å². The van der Waals surface area contributed by atoms with Gasteiger partial charge in [-0.25, -0.2) is 0 Å². The molecule has 4 rings (SSSR count). The monoisotopic (exact) mass is 479 g/mol. The van der Waals surface area contributed by atoms with E-state index in [0.717, 1.165) is 35.9 Å². The minimum atomic E-state index is -0.460. The number of carbonyl (C=O) groups excluding carboxylic acids is 4. The largest absolute Gasteiger partial charge is 0.484 e. The highest BCUT2D eigenvalue weighted by atomic mass is 32.2. The molecule has 2 aliphatic rings. The Balaban J connectivity index is 1.31. The summed E-state index contributed by atoms with van der Waals surface area (Å²) in [7, 11) is 0. The van der Waals surface area contributed by atoms with Crippen LogP contribution in [-0.4, -0.2) is 59.0 Å². The number of hydrogen-bond donors (Lipinski definition) is 1. The molecular weight excluding hydrogens is 454 g/mol. The molecule has 1 N–H and O–H groups in total. The van der Waals surface area contributed by atoms with Crippen molar-refractivity contribution >= 4 is 46.5 Å². The van der Waals surface area contributed by atoms with E-state index < -0.39 is 11.1 Å². The Bertz CT molecular complexity index is 1100. The second-order valence-corrected chi connectivity index (χ2v) is 8.97. The van der Waals surface area contributed by atoms with E-state index >= 15 is 0 Å². The Hall–Kier alpha value is -3.59. The molecule has 2 fully saturated rings. The van der Waals surface area contributed by atoms with E-state index in [0.29, 0.717) is 30.1 Å². The molecule has 2 saturated heterocycles. The Labute approximate surface area is 201 Å². The van der Waals surface area contributed by atoms with Crippen molar-refractivity contribution in [2.24, 2.45) is 0 Å². The summed E-state index contributed by atoms with van der Waals surface area (Å²) in [5.41, 5.74) is 1.40. The lowest BCUT2D eigenvalue weighted by Gasteiger charge is -2.27. The van der Waals surface area contributed by atoms with Crippen LogP contribution in [0, 0.1) is 0 Å². The number of anilines is 1. The minimum absolute atomic E-state index is 0.141. The number of nitrogens with zero attached hydrogens (tertiary/aromatic N) is 2. The molecule has 0 aromatic heterocycles. The third-order valence-electron chi connectivity index (χ3n) is 5.48. The Morgan fingerprint density at radius 1 is 0.971 bits per heavy atom. The maximum Gasteiger partial charge on any atom is 0.294 e. The van der Waals surface area contributed by atoms with E-state index in [2.05, 4.69) is 5.32 Å². The van der Waals surface area contributed by atoms with Gasteiger partial charge in [0.05, 0.1) is 4.91 Å². The van der Waals surface area contributed by atoms with E-state index in [-0.39, 0.29) is 29.9 Å². The number of ether oxygens (including phenoxy) is 1. The highest BCUT2D eigenvalue weighted by molar-refractivity contribution is 8.18. The number of para-hydroxylation sites is 1. The number of imide groups is 1. The van der Waals surface area contributed by atoms with Gasteiger partial charge in [0.25, 0.3) is 17.1 Å². The summed E-state index contributed by atoms with van der Waals surface area (Å²) in [4.78, 5) is 52.5.